The summed E-state index contributed by atoms with van der Waals surface area (Å²) < 4.78 is 0. The zero-order valence-corrected chi connectivity index (χ0v) is 15.3. The van der Waals surface area contributed by atoms with Crippen LogP contribution in [0.4, 0.5) is 4.79 Å². The molecule has 0 saturated carbocycles. The zero-order chi connectivity index (χ0) is 18.6. The molecule has 1 aromatic heterocycles. The number of likely N-dealkylation sites (tertiary alicyclic amines) is 1. The Kier molecular flexibility index (Phi) is 5.73. The first kappa shape index (κ1) is 18.8. The topological polar surface area (TPSA) is 101 Å². The van der Waals surface area contributed by atoms with Gasteiger partial charge in [-0.15, -0.1) is 0 Å². The van der Waals surface area contributed by atoms with Gasteiger partial charge >= 0.3 is 6.03 Å². The van der Waals surface area contributed by atoms with E-state index >= 15 is 0 Å². The molecule has 0 bridgehead atoms. The van der Waals surface area contributed by atoms with E-state index in [1.165, 1.54) is 6.20 Å². The fraction of sp³-hybridized carbons (Fsp3) is 0.611. The summed E-state index contributed by atoms with van der Waals surface area (Å²) in [6, 6.07) is 3.37. The molecular formula is C18H27N5O2. The minimum atomic E-state index is -0.287. The molecule has 0 aliphatic carbocycles. The number of amides is 3. The summed E-state index contributed by atoms with van der Waals surface area (Å²) in [4.78, 5) is 29.3. The van der Waals surface area contributed by atoms with Gasteiger partial charge in [0.05, 0.1) is 5.56 Å². The van der Waals surface area contributed by atoms with Crippen LogP contribution in [0.2, 0.25) is 0 Å². The van der Waals surface area contributed by atoms with Crippen molar-refractivity contribution >= 4 is 11.9 Å². The Morgan fingerprint density at radius 2 is 2.16 bits per heavy atom. The number of nitrogens with one attached hydrogen (secondary N) is 3. The molecule has 1 aliphatic heterocycles. The highest BCUT2D eigenvalue weighted by Gasteiger charge is 2.29. The maximum absolute atomic E-state index is 12.6. The monoisotopic (exact) mass is 345 g/mol. The molecule has 1 fully saturated rings. The molecule has 7 nitrogen and oxygen atoms in total. The van der Waals surface area contributed by atoms with Crippen LogP contribution in [0, 0.1) is 17.2 Å². The molecule has 0 aromatic carbocycles. The minimum Gasteiger partial charge on any atom is -0.356 e. The van der Waals surface area contributed by atoms with Crippen LogP contribution in [0.25, 0.3) is 0 Å². The van der Waals surface area contributed by atoms with E-state index in [1.807, 2.05) is 33.8 Å². The van der Waals surface area contributed by atoms with Crippen LogP contribution in [-0.4, -0.2) is 46.5 Å². The van der Waals surface area contributed by atoms with Crippen molar-refractivity contribution in [2.75, 3.05) is 13.1 Å². The predicted octanol–water partition coefficient (Wildman–Crippen LogP) is 2.22. The summed E-state index contributed by atoms with van der Waals surface area (Å²) in [7, 11) is 0. The smallest absolute Gasteiger partial charge is 0.315 e. The van der Waals surface area contributed by atoms with E-state index in [-0.39, 0.29) is 29.4 Å². The summed E-state index contributed by atoms with van der Waals surface area (Å²) in [6.45, 7) is 9.06. The molecule has 25 heavy (non-hydrogen) atoms. The van der Waals surface area contributed by atoms with Crippen LogP contribution in [-0.2, 0) is 0 Å². The second-order valence-corrected chi connectivity index (χ2v) is 7.70. The number of aromatic nitrogens is 1. The molecule has 3 N–H and O–H groups in total. The van der Waals surface area contributed by atoms with E-state index in [0.29, 0.717) is 24.3 Å². The average molecular weight is 345 g/mol. The number of rotatable bonds is 3. The van der Waals surface area contributed by atoms with Crippen LogP contribution in [0.5, 0.6) is 0 Å². The van der Waals surface area contributed by atoms with Crippen molar-refractivity contribution in [1.82, 2.24) is 20.5 Å². The Labute approximate surface area is 148 Å². The number of hydrogen-bond donors (Lipinski definition) is 3. The van der Waals surface area contributed by atoms with Crippen molar-refractivity contribution in [3.8, 4) is 6.07 Å². The van der Waals surface area contributed by atoms with E-state index in [9.17, 15) is 9.59 Å². The van der Waals surface area contributed by atoms with Crippen LogP contribution in [0.3, 0.4) is 0 Å². The lowest BCUT2D eigenvalue weighted by atomic mass is 9.91. The van der Waals surface area contributed by atoms with Gasteiger partial charge in [-0.05, 0) is 52.5 Å². The van der Waals surface area contributed by atoms with Crippen LogP contribution in [0.1, 0.15) is 56.6 Å². The highest BCUT2D eigenvalue weighted by atomic mass is 16.2. The number of hydrogen-bond acceptors (Lipinski definition) is 3. The molecule has 7 heteroatoms. The molecule has 0 radical (unpaired) electrons. The standard InChI is InChI=1S/C18H27N5O2/c1-12(21-17(25)22-18(2,3)4)14-6-5-7-23(11-14)16(24)15-8-13(9-19)10-20-15/h8,10,12,14,20H,5-7,11H2,1-4H3,(H2,21,22,25)/t12-,14-/m1/s1. The number of aromatic amines is 1. The number of H-pyrrole nitrogens is 1. The predicted molar refractivity (Wildman–Crippen MR) is 95.0 cm³/mol. The highest BCUT2D eigenvalue weighted by Crippen LogP contribution is 2.21. The lowest BCUT2D eigenvalue weighted by Crippen LogP contribution is -2.53. The van der Waals surface area contributed by atoms with Crippen molar-refractivity contribution in [3.63, 3.8) is 0 Å². The normalized spacial score (nSPS) is 19.0. The summed E-state index contributed by atoms with van der Waals surface area (Å²) in [5, 5.41) is 14.8. The number of piperidine rings is 1. The zero-order valence-electron chi connectivity index (χ0n) is 15.3. The van der Waals surface area contributed by atoms with Crippen LogP contribution in [0.15, 0.2) is 12.3 Å². The summed E-state index contributed by atoms with van der Waals surface area (Å²) in [5.74, 6) is 0.103. The first-order chi connectivity index (χ1) is 11.7. The molecule has 0 unspecified atom stereocenters. The third-order valence-electron chi connectivity index (χ3n) is 4.34. The van der Waals surface area contributed by atoms with Crippen molar-refractivity contribution in [1.29, 1.82) is 5.26 Å². The second kappa shape index (κ2) is 7.60. The summed E-state index contributed by atoms with van der Waals surface area (Å²) >= 11 is 0. The van der Waals surface area contributed by atoms with Crippen molar-refractivity contribution in [3.05, 3.63) is 23.5 Å². The Bertz CT molecular complexity index is 668. The first-order valence-corrected chi connectivity index (χ1v) is 8.66. The maximum Gasteiger partial charge on any atom is 0.315 e. The van der Waals surface area contributed by atoms with Gasteiger partial charge in [0.15, 0.2) is 0 Å². The van der Waals surface area contributed by atoms with E-state index < -0.39 is 0 Å². The quantitative estimate of drug-likeness (QED) is 0.783. The Morgan fingerprint density at radius 1 is 1.44 bits per heavy atom. The molecule has 1 aliphatic rings. The SMILES string of the molecule is C[C@@H](NC(=O)NC(C)(C)C)[C@@H]1CCCN(C(=O)c2cc(C#N)c[nH]2)C1. The fourth-order valence-electron chi connectivity index (χ4n) is 3.06. The Hall–Kier alpha value is -2.49. The van der Waals surface area contributed by atoms with E-state index in [2.05, 4.69) is 15.6 Å². The summed E-state index contributed by atoms with van der Waals surface area (Å²) in [6.07, 6.45) is 3.40. The van der Waals surface area contributed by atoms with Gasteiger partial charge in [-0.2, -0.15) is 5.26 Å². The third kappa shape index (κ3) is 5.24. The number of urea groups is 1. The molecule has 2 atom stereocenters. The lowest BCUT2D eigenvalue weighted by Gasteiger charge is -2.36. The third-order valence-corrected chi connectivity index (χ3v) is 4.34. The first-order valence-electron chi connectivity index (χ1n) is 8.66. The number of carbonyl (C=O) groups excluding carboxylic acids is 2. The molecular weight excluding hydrogens is 318 g/mol. The second-order valence-electron chi connectivity index (χ2n) is 7.70. The van der Waals surface area contributed by atoms with Gasteiger partial charge in [0, 0.05) is 30.9 Å². The molecule has 2 heterocycles. The molecule has 3 amide bonds. The van der Waals surface area contributed by atoms with Crippen LogP contribution >= 0.6 is 0 Å². The summed E-state index contributed by atoms with van der Waals surface area (Å²) in [5.41, 5.74) is 0.596. The molecule has 0 spiro atoms. The Balaban J connectivity index is 1.94. The minimum absolute atomic E-state index is 0.0312. The van der Waals surface area contributed by atoms with Crippen molar-refractivity contribution in [2.45, 2.75) is 52.1 Å². The van der Waals surface area contributed by atoms with Gasteiger partial charge in [0.1, 0.15) is 11.8 Å². The van der Waals surface area contributed by atoms with Gasteiger partial charge in [-0.3, -0.25) is 4.79 Å². The maximum atomic E-state index is 12.6. The fourth-order valence-corrected chi connectivity index (χ4v) is 3.06. The van der Waals surface area contributed by atoms with Gasteiger partial charge < -0.3 is 20.5 Å². The molecule has 1 saturated heterocycles. The van der Waals surface area contributed by atoms with Crippen molar-refractivity contribution in [2.24, 2.45) is 5.92 Å². The van der Waals surface area contributed by atoms with Gasteiger partial charge in [0.25, 0.3) is 5.91 Å². The number of nitrogens with zero attached hydrogens (tertiary/aromatic N) is 2. The van der Waals surface area contributed by atoms with E-state index in [0.717, 1.165) is 12.8 Å². The molecule has 1 aromatic rings. The van der Waals surface area contributed by atoms with E-state index in [1.54, 1.807) is 11.0 Å². The number of nitriles is 1. The average Bonchev–Trinajstić information content (AvgIpc) is 3.01. The Morgan fingerprint density at radius 3 is 2.76 bits per heavy atom. The van der Waals surface area contributed by atoms with Gasteiger partial charge in [0.2, 0.25) is 0 Å². The van der Waals surface area contributed by atoms with Crippen molar-refractivity contribution < 1.29 is 9.59 Å². The van der Waals surface area contributed by atoms with Gasteiger partial charge in [-0.1, -0.05) is 0 Å². The van der Waals surface area contributed by atoms with Gasteiger partial charge in [-0.25, -0.2) is 4.79 Å². The largest absolute Gasteiger partial charge is 0.356 e. The highest BCUT2D eigenvalue weighted by molar-refractivity contribution is 5.93. The van der Waals surface area contributed by atoms with Crippen LogP contribution < -0.4 is 10.6 Å². The molecule has 2 rings (SSSR count). The lowest BCUT2D eigenvalue weighted by molar-refractivity contribution is 0.0648. The molecule has 136 valence electrons. The van der Waals surface area contributed by atoms with E-state index in [4.69, 9.17) is 5.26 Å². The number of carbonyl (C=O) groups is 2.